The van der Waals surface area contributed by atoms with Crippen LogP contribution < -0.4 is 4.74 Å². The second-order valence-electron chi connectivity index (χ2n) is 4.74. The topological polar surface area (TPSA) is 66.8 Å². The fraction of sp³-hybridized carbons (Fsp3) is 0.455. The Labute approximate surface area is 119 Å². The Bertz CT molecular complexity index is 613. The summed E-state index contributed by atoms with van der Waals surface area (Å²) in [6, 6.07) is 3.24. The van der Waals surface area contributed by atoms with Crippen LogP contribution in [0.25, 0.3) is 0 Å². The Hall–Kier alpha value is -0.960. The first-order valence-corrected chi connectivity index (χ1v) is 7.40. The first-order valence-electron chi connectivity index (χ1n) is 5.59. The average molecular weight is 328 g/mol. The summed E-state index contributed by atoms with van der Waals surface area (Å²) in [4.78, 5) is -0.139. The molecule has 1 fully saturated rings. The Balaban J connectivity index is 2.23. The van der Waals surface area contributed by atoms with Crippen molar-refractivity contribution in [2.75, 3.05) is 13.1 Å². The van der Waals surface area contributed by atoms with Gasteiger partial charge in [-0.2, -0.15) is 13.1 Å². The van der Waals surface area contributed by atoms with E-state index in [1.165, 1.54) is 6.92 Å². The summed E-state index contributed by atoms with van der Waals surface area (Å²) < 4.78 is 53.7. The summed E-state index contributed by atoms with van der Waals surface area (Å²) in [5, 5.41) is 9.33. The largest absolute Gasteiger partial charge is 0.433 e. The number of rotatable bonds is 4. The van der Waals surface area contributed by atoms with Crippen LogP contribution in [0.2, 0.25) is 5.02 Å². The number of ether oxygens (including phenoxy) is 1. The van der Waals surface area contributed by atoms with Crippen LogP contribution in [0.3, 0.4) is 0 Å². The number of benzene rings is 1. The number of sulfonamides is 1. The molecule has 1 aliphatic heterocycles. The van der Waals surface area contributed by atoms with Crippen molar-refractivity contribution >= 4 is 21.6 Å². The van der Waals surface area contributed by atoms with E-state index >= 15 is 0 Å². The smallest absolute Gasteiger partial charge is 0.387 e. The molecule has 5 nitrogen and oxygen atoms in total. The van der Waals surface area contributed by atoms with E-state index in [2.05, 4.69) is 4.74 Å². The van der Waals surface area contributed by atoms with Crippen LogP contribution in [0.4, 0.5) is 8.78 Å². The number of aliphatic hydroxyl groups is 1. The van der Waals surface area contributed by atoms with Gasteiger partial charge >= 0.3 is 6.61 Å². The van der Waals surface area contributed by atoms with Gasteiger partial charge in [0.05, 0.1) is 15.5 Å². The molecule has 1 aromatic carbocycles. The third kappa shape index (κ3) is 3.03. The van der Waals surface area contributed by atoms with Gasteiger partial charge in [-0.1, -0.05) is 11.6 Å². The normalized spacial score (nSPS) is 18.9. The van der Waals surface area contributed by atoms with Crippen molar-refractivity contribution in [1.29, 1.82) is 0 Å². The lowest BCUT2D eigenvalue weighted by molar-refractivity contribution is -0.0499. The van der Waals surface area contributed by atoms with Gasteiger partial charge in [0.1, 0.15) is 5.75 Å². The zero-order valence-electron chi connectivity index (χ0n) is 10.4. The van der Waals surface area contributed by atoms with Crippen molar-refractivity contribution in [2.24, 2.45) is 0 Å². The summed E-state index contributed by atoms with van der Waals surface area (Å²) in [7, 11) is -3.80. The third-order valence-corrected chi connectivity index (χ3v) is 4.87. The first kappa shape index (κ1) is 15.4. The van der Waals surface area contributed by atoms with Crippen LogP contribution in [0.15, 0.2) is 23.1 Å². The lowest BCUT2D eigenvalue weighted by Gasteiger charge is -2.42. The van der Waals surface area contributed by atoms with Gasteiger partial charge in [-0.3, -0.25) is 0 Å². The van der Waals surface area contributed by atoms with Crippen LogP contribution in [0, 0.1) is 0 Å². The summed E-state index contributed by atoms with van der Waals surface area (Å²) in [5.74, 6) is -0.295. The van der Waals surface area contributed by atoms with E-state index in [9.17, 15) is 22.3 Å². The molecule has 2 rings (SSSR count). The molecule has 1 saturated heterocycles. The molecule has 0 spiro atoms. The number of nitrogens with zero attached hydrogens (tertiary/aromatic N) is 1. The lowest BCUT2D eigenvalue weighted by atomic mass is 10.0. The highest BCUT2D eigenvalue weighted by molar-refractivity contribution is 7.89. The van der Waals surface area contributed by atoms with Crippen molar-refractivity contribution in [2.45, 2.75) is 24.0 Å². The SMILES string of the molecule is CC1(O)CN(S(=O)(=O)c2ccc(OC(F)F)c(Cl)c2)C1. The van der Waals surface area contributed by atoms with Gasteiger partial charge < -0.3 is 9.84 Å². The van der Waals surface area contributed by atoms with Crippen LogP contribution >= 0.6 is 11.6 Å². The van der Waals surface area contributed by atoms with E-state index in [1.807, 2.05) is 0 Å². The molecule has 9 heteroatoms. The second-order valence-corrected chi connectivity index (χ2v) is 7.09. The van der Waals surface area contributed by atoms with E-state index in [-0.39, 0.29) is 28.8 Å². The lowest BCUT2D eigenvalue weighted by Crippen LogP contribution is -2.61. The molecular weight excluding hydrogens is 316 g/mol. The van der Waals surface area contributed by atoms with Gasteiger partial charge in [0.2, 0.25) is 10.0 Å². The summed E-state index contributed by atoms with van der Waals surface area (Å²) >= 11 is 5.71. The molecule has 0 bridgehead atoms. The van der Waals surface area contributed by atoms with E-state index in [4.69, 9.17) is 11.6 Å². The Morgan fingerprint density at radius 2 is 2.05 bits per heavy atom. The van der Waals surface area contributed by atoms with E-state index in [1.54, 1.807) is 0 Å². The molecule has 0 radical (unpaired) electrons. The number of hydrogen-bond donors (Lipinski definition) is 1. The minimum absolute atomic E-state index is 0.0256. The zero-order chi connectivity index (χ0) is 15.1. The molecule has 1 aliphatic rings. The molecular formula is C11H12ClF2NO4S. The maximum Gasteiger partial charge on any atom is 0.387 e. The predicted octanol–water partition coefficient (Wildman–Crippen LogP) is 1.70. The predicted molar refractivity (Wildman–Crippen MR) is 67.5 cm³/mol. The van der Waals surface area contributed by atoms with Crippen molar-refractivity contribution in [3.63, 3.8) is 0 Å². The highest BCUT2D eigenvalue weighted by atomic mass is 35.5. The molecule has 1 heterocycles. The van der Waals surface area contributed by atoms with Gasteiger partial charge in [0, 0.05) is 13.1 Å². The zero-order valence-corrected chi connectivity index (χ0v) is 12.0. The van der Waals surface area contributed by atoms with Crippen LogP contribution in [0.1, 0.15) is 6.92 Å². The van der Waals surface area contributed by atoms with E-state index < -0.39 is 22.2 Å². The number of alkyl halides is 2. The maximum absolute atomic E-state index is 12.2. The fourth-order valence-electron chi connectivity index (χ4n) is 1.87. The number of halogens is 3. The summed E-state index contributed by atoms with van der Waals surface area (Å²) in [5.41, 5.74) is -1.05. The molecule has 0 amide bonds. The summed E-state index contributed by atoms with van der Waals surface area (Å²) in [6.07, 6.45) is 0. The number of β-amino-alcohol motifs (C(OH)–C–C–N with tert-alkyl or cyclic N) is 1. The van der Waals surface area contributed by atoms with Gasteiger partial charge in [-0.05, 0) is 25.1 Å². The van der Waals surface area contributed by atoms with E-state index in [0.29, 0.717) is 0 Å². The molecule has 1 N–H and O–H groups in total. The van der Waals surface area contributed by atoms with E-state index in [0.717, 1.165) is 22.5 Å². The van der Waals surface area contributed by atoms with Gasteiger partial charge in [0.15, 0.2) is 0 Å². The highest BCUT2D eigenvalue weighted by Gasteiger charge is 2.44. The molecule has 0 atom stereocenters. The first-order chi connectivity index (χ1) is 9.12. The van der Waals surface area contributed by atoms with Gasteiger partial charge in [-0.15, -0.1) is 0 Å². The Kier molecular flexibility index (Phi) is 3.94. The summed E-state index contributed by atoms with van der Waals surface area (Å²) in [6.45, 7) is -1.57. The van der Waals surface area contributed by atoms with Crippen molar-refractivity contribution in [1.82, 2.24) is 4.31 Å². The molecule has 20 heavy (non-hydrogen) atoms. The average Bonchev–Trinajstić information content (AvgIpc) is 2.28. The minimum Gasteiger partial charge on any atom is -0.433 e. The van der Waals surface area contributed by atoms with Crippen molar-refractivity contribution < 1.29 is 27.0 Å². The fourth-order valence-corrected chi connectivity index (χ4v) is 3.86. The number of hydrogen-bond acceptors (Lipinski definition) is 4. The molecule has 1 aromatic rings. The van der Waals surface area contributed by atoms with Crippen LogP contribution in [0.5, 0.6) is 5.75 Å². The van der Waals surface area contributed by atoms with Gasteiger partial charge in [-0.25, -0.2) is 8.42 Å². The van der Waals surface area contributed by atoms with Crippen molar-refractivity contribution in [3.8, 4) is 5.75 Å². The maximum atomic E-state index is 12.2. The monoisotopic (exact) mass is 327 g/mol. The molecule has 0 saturated carbocycles. The minimum atomic E-state index is -3.80. The molecule has 112 valence electrons. The highest BCUT2D eigenvalue weighted by Crippen LogP contribution is 2.32. The van der Waals surface area contributed by atoms with Crippen LogP contribution in [-0.4, -0.2) is 43.1 Å². The molecule has 0 aliphatic carbocycles. The second kappa shape index (κ2) is 5.10. The van der Waals surface area contributed by atoms with Gasteiger partial charge in [0.25, 0.3) is 0 Å². The quantitative estimate of drug-likeness (QED) is 0.914. The standard InChI is InChI=1S/C11H12ClF2NO4S/c1-11(16)5-15(6-11)20(17,18)7-2-3-9(8(12)4-7)19-10(13)14/h2-4,10,16H,5-6H2,1H3. The third-order valence-electron chi connectivity index (χ3n) is 2.79. The Morgan fingerprint density at radius 1 is 1.45 bits per heavy atom. The van der Waals surface area contributed by atoms with Crippen LogP contribution in [-0.2, 0) is 10.0 Å². The molecule has 0 unspecified atom stereocenters. The van der Waals surface area contributed by atoms with Crippen molar-refractivity contribution in [3.05, 3.63) is 23.2 Å². The Morgan fingerprint density at radius 3 is 2.50 bits per heavy atom. The molecule has 0 aromatic heterocycles.